The van der Waals surface area contributed by atoms with Crippen molar-refractivity contribution >= 4 is 52.2 Å². The zero-order chi connectivity index (χ0) is 17.1. The maximum atomic E-state index is 12.4. The van der Waals surface area contributed by atoms with Gasteiger partial charge >= 0.3 is 6.03 Å². The van der Waals surface area contributed by atoms with Crippen LogP contribution in [0.5, 0.6) is 0 Å². The van der Waals surface area contributed by atoms with E-state index in [4.69, 9.17) is 34.8 Å². The van der Waals surface area contributed by atoms with Crippen molar-refractivity contribution in [2.24, 2.45) is 0 Å². The van der Waals surface area contributed by atoms with Gasteiger partial charge in [-0.1, -0.05) is 46.9 Å². The molecule has 1 saturated heterocycles. The SMILES string of the molecule is O=C(Nc1cc(Cl)cc(Cl)c1)N1CCN(c2ccccc2Cl)CC1. The molecule has 0 radical (unpaired) electrons. The summed E-state index contributed by atoms with van der Waals surface area (Å²) in [6.45, 7) is 2.69. The Labute approximate surface area is 155 Å². The highest BCUT2D eigenvalue weighted by Crippen LogP contribution is 2.26. The molecule has 1 N–H and O–H groups in total. The first kappa shape index (κ1) is 17.2. The van der Waals surface area contributed by atoms with Crippen LogP contribution in [0.4, 0.5) is 16.2 Å². The van der Waals surface area contributed by atoms with Gasteiger partial charge in [0.15, 0.2) is 0 Å². The molecule has 1 aliphatic rings. The molecular weight excluding hydrogens is 369 g/mol. The molecule has 126 valence electrons. The molecule has 1 fully saturated rings. The Morgan fingerprint density at radius 3 is 2.17 bits per heavy atom. The molecule has 0 saturated carbocycles. The number of amides is 2. The third-order valence-electron chi connectivity index (χ3n) is 3.87. The lowest BCUT2D eigenvalue weighted by atomic mass is 10.2. The standard InChI is InChI=1S/C17H16Cl3N3O/c18-12-9-13(19)11-14(10-12)21-17(24)23-7-5-22(6-8-23)16-4-2-1-3-15(16)20/h1-4,9-11H,5-8H2,(H,21,24). The fraction of sp³-hybridized carbons (Fsp3) is 0.235. The largest absolute Gasteiger partial charge is 0.367 e. The highest BCUT2D eigenvalue weighted by molar-refractivity contribution is 6.35. The number of halogens is 3. The number of hydrogen-bond acceptors (Lipinski definition) is 2. The van der Waals surface area contributed by atoms with E-state index in [1.165, 1.54) is 0 Å². The van der Waals surface area contributed by atoms with Crippen molar-refractivity contribution in [1.82, 2.24) is 4.90 Å². The first-order chi connectivity index (χ1) is 11.5. The van der Waals surface area contributed by atoms with Crippen LogP contribution in [0.3, 0.4) is 0 Å². The van der Waals surface area contributed by atoms with Gasteiger partial charge in [-0.3, -0.25) is 0 Å². The number of nitrogens with one attached hydrogen (secondary N) is 1. The Bertz CT molecular complexity index is 725. The number of urea groups is 1. The van der Waals surface area contributed by atoms with E-state index < -0.39 is 0 Å². The fourth-order valence-corrected chi connectivity index (χ4v) is 3.47. The van der Waals surface area contributed by atoms with Gasteiger partial charge in [-0.15, -0.1) is 0 Å². The maximum Gasteiger partial charge on any atom is 0.321 e. The minimum absolute atomic E-state index is 0.160. The Morgan fingerprint density at radius 2 is 1.54 bits per heavy atom. The molecule has 2 aromatic rings. The van der Waals surface area contributed by atoms with E-state index in [1.54, 1.807) is 23.1 Å². The Balaban J connectivity index is 1.60. The van der Waals surface area contributed by atoms with Gasteiger partial charge in [0, 0.05) is 41.9 Å². The fourth-order valence-electron chi connectivity index (χ4n) is 2.69. The number of para-hydroxylation sites is 1. The number of nitrogens with zero attached hydrogens (tertiary/aromatic N) is 2. The first-order valence-corrected chi connectivity index (χ1v) is 8.68. The van der Waals surface area contributed by atoms with E-state index >= 15 is 0 Å². The van der Waals surface area contributed by atoms with E-state index in [-0.39, 0.29) is 6.03 Å². The second kappa shape index (κ2) is 7.51. The quantitative estimate of drug-likeness (QED) is 0.791. The zero-order valence-corrected chi connectivity index (χ0v) is 15.1. The van der Waals surface area contributed by atoms with Gasteiger partial charge in [-0.25, -0.2) is 4.79 Å². The zero-order valence-electron chi connectivity index (χ0n) is 12.8. The number of benzene rings is 2. The van der Waals surface area contributed by atoms with Crippen LogP contribution in [0.2, 0.25) is 15.1 Å². The molecule has 24 heavy (non-hydrogen) atoms. The summed E-state index contributed by atoms with van der Waals surface area (Å²) in [4.78, 5) is 16.3. The number of carbonyl (C=O) groups is 1. The topological polar surface area (TPSA) is 35.6 Å². The van der Waals surface area contributed by atoms with Crippen molar-refractivity contribution in [1.29, 1.82) is 0 Å². The van der Waals surface area contributed by atoms with Crippen LogP contribution in [0.15, 0.2) is 42.5 Å². The predicted molar refractivity (Wildman–Crippen MR) is 101 cm³/mol. The molecular formula is C17H16Cl3N3O. The van der Waals surface area contributed by atoms with Gasteiger partial charge in [-0.05, 0) is 30.3 Å². The summed E-state index contributed by atoms with van der Waals surface area (Å²) in [7, 11) is 0. The molecule has 0 unspecified atom stereocenters. The van der Waals surface area contributed by atoms with Gasteiger partial charge < -0.3 is 15.1 Å². The summed E-state index contributed by atoms with van der Waals surface area (Å²) >= 11 is 18.1. The maximum absolute atomic E-state index is 12.4. The van der Waals surface area contributed by atoms with Crippen molar-refractivity contribution in [3.63, 3.8) is 0 Å². The van der Waals surface area contributed by atoms with E-state index in [2.05, 4.69) is 10.2 Å². The molecule has 2 aromatic carbocycles. The monoisotopic (exact) mass is 383 g/mol. The van der Waals surface area contributed by atoms with Crippen LogP contribution < -0.4 is 10.2 Å². The number of piperazine rings is 1. The van der Waals surface area contributed by atoms with E-state index in [0.29, 0.717) is 28.8 Å². The van der Waals surface area contributed by atoms with Crippen LogP contribution in [0, 0.1) is 0 Å². The number of hydrogen-bond donors (Lipinski definition) is 1. The molecule has 4 nitrogen and oxygen atoms in total. The van der Waals surface area contributed by atoms with E-state index in [9.17, 15) is 4.79 Å². The normalized spacial score (nSPS) is 14.6. The first-order valence-electron chi connectivity index (χ1n) is 7.54. The van der Waals surface area contributed by atoms with Gasteiger partial charge in [-0.2, -0.15) is 0 Å². The van der Waals surface area contributed by atoms with Crippen molar-refractivity contribution < 1.29 is 4.79 Å². The summed E-state index contributed by atoms with van der Waals surface area (Å²) in [5.74, 6) is 0. The lowest BCUT2D eigenvalue weighted by Crippen LogP contribution is -2.50. The van der Waals surface area contributed by atoms with E-state index in [1.807, 2.05) is 24.3 Å². The smallest absolute Gasteiger partial charge is 0.321 e. The predicted octanol–water partition coefficient (Wildman–Crippen LogP) is 5.00. The van der Waals surface area contributed by atoms with Gasteiger partial charge in [0.2, 0.25) is 0 Å². The molecule has 0 aromatic heterocycles. The van der Waals surface area contributed by atoms with Gasteiger partial charge in [0.05, 0.1) is 10.7 Å². The Kier molecular flexibility index (Phi) is 5.39. The van der Waals surface area contributed by atoms with E-state index in [0.717, 1.165) is 23.8 Å². The van der Waals surface area contributed by atoms with Crippen LogP contribution in [0.1, 0.15) is 0 Å². The summed E-state index contributed by atoms with van der Waals surface area (Å²) in [6.07, 6.45) is 0. The average Bonchev–Trinajstić information content (AvgIpc) is 2.54. The molecule has 0 spiro atoms. The summed E-state index contributed by atoms with van der Waals surface area (Å²) in [5.41, 5.74) is 1.59. The minimum atomic E-state index is -0.160. The van der Waals surface area contributed by atoms with Crippen molar-refractivity contribution in [3.05, 3.63) is 57.5 Å². The highest BCUT2D eigenvalue weighted by Gasteiger charge is 2.22. The number of carbonyl (C=O) groups excluding carboxylic acids is 1. The Morgan fingerprint density at radius 1 is 0.917 bits per heavy atom. The van der Waals surface area contributed by atoms with Crippen LogP contribution in [0.25, 0.3) is 0 Å². The third kappa shape index (κ3) is 4.07. The average molecular weight is 385 g/mol. The molecule has 0 aliphatic carbocycles. The van der Waals surface area contributed by atoms with Gasteiger partial charge in [0.1, 0.15) is 0 Å². The summed E-state index contributed by atoms with van der Waals surface area (Å²) in [6, 6.07) is 12.5. The Hall–Kier alpha value is -1.62. The van der Waals surface area contributed by atoms with Crippen molar-refractivity contribution in [2.45, 2.75) is 0 Å². The summed E-state index contributed by atoms with van der Waals surface area (Å²) in [5, 5.41) is 4.53. The second-order valence-electron chi connectivity index (χ2n) is 5.51. The minimum Gasteiger partial charge on any atom is -0.367 e. The van der Waals surface area contributed by atoms with Crippen LogP contribution >= 0.6 is 34.8 Å². The number of anilines is 2. The molecule has 7 heteroatoms. The molecule has 1 heterocycles. The second-order valence-corrected chi connectivity index (χ2v) is 6.79. The lowest BCUT2D eigenvalue weighted by Gasteiger charge is -2.36. The number of rotatable bonds is 2. The van der Waals surface area contributed by atoms with Crippen molar-refractivity contribution in [2.75, 3.05) is 36.4 Å². The van der Waals surface area contributed by atoms with Crippen LogP contribution in [-0.4, -0.2) is 37.1 Å². The molecule has 3 rings (SSSR count). The third-order valence-corrected chi connectivity index (χ3v) is 4.63. The van der Waals surface area contributed by atoms with Gasteiger partial charge in [0.25, 0.3) is 0 Å². The molecule has 2 amide bonds. The lowest BCUT2D eigenvalue weighted by molar-refractivity contribution is 0.208. The highest BCUT2D eigenvalue weighted by atomic mass is 35.5. The molecule has 1 aliphatic heterocycles. The molecule has 0 bridgehead atoms. The van der Waals surface area contributed by atoms with Crippen LogP contribution in [-0.2, 0) is 0 Å². The summed E-state index contributed by atoms with van der Waals surface area (Å²) < 4.78 is 0. The molecule has 0 atom stereocenters. The van der Waals surface area contributed by atoms with Crippen molar-refractivity contribution in [3.8, 4) is 0 Å².